The molecule has 18 heavy (non-hydrogen) atoms. The Morgan fingerprint density at radius 3 is 2.44 bits per heavy atom. The van der Waals surface area contributed by atoms with E-state index in [0.717, 1.165) is 5.56 Å². The Bertz CT molecular complexity index is 531. The van der Waals surface area contributed by atoms with E-state index in [1.807, 2.05) is 0 Å². The number of phenols is 1. The van der Waals surface area contributed by atoms with Gasteiger partial charge in [0.2, 0.25) is 0 Å². The molecule has 0 spiro atoms. The highest BCUT2D eigenvalue weighted by molar-refractivity contribution is 5.85. The molecule has 0 saturated carbocycles. The summed E-state index contributed by atoms with van der Waals surface area (Å²) in [5.41, 5.74) is 7.38. The molecule has 4 heteroatoms. The maximum absolute atomic E-state index is 13.6. The number of halogens is 2. The molecule has 0 atom stereocenters. The van der Waals surface area contributed by atoms with Gasteiger partial charge in [0.1, 0.15) is 11.6 Å². The van der Waals surface area contributed by atoms with Gasteiger partial charge in [0.05, 0.1) is 0 Å². The van der Waals surface area contributed by atoms with Crippen molar-refractivity contribution in [2.45, 2.75) is 6.42 Å². The van der Waals surface area contributed by atoms with Crippen LogP contribution in [0.15, 0.2) is 42.5 Å². The second-order valence-corrected chi connectivity index (χ2v) is 3.87. The molecule has 0 aliphatic rings. The first-order valence-electron chi connectivity index (χ1n) is 5.49. The van der Waals surface area contributed by atoms with E-state index in [-0.39, 0.29) is 24.0 Å². The minimum Gasteiger partial charge on any atom is -0.507 e. The molecule has 96 valence electrons. The van der Waals surface area contributed by atoms with Gasteiger partial charge in [-0.3, -0.25) is 0 Å². The van der Waals surface area contributed by atoms with Crippen LogP contribution in [0, 0.1) is 5.82 Å². The van der Waals surface area contributed by atoms with E-state index in [1.54, 1.807) is 36.4 Å². The van der Waals surface area contributed by atoms with E-state index in [4.69, 9.17) is 5.73 Å². The third kappa shape index (κ3) is 3.00. The molecule has 2 nitrogen and oxygen atoms in total. The molecule has 0 aliphatic heterocycles. The van der Waals surface area contributed by atoms with E-state index in [1.165, 1.54) is 6.07 Å². The Labute approximate surface area is 112 Å². The highest BCUT2D eigenvalue weighted by atomic mass is 35.5. The molecule has 0 amide bonds. The minimum atomic E-state index is -0.340. The monoisotopic (exact) mass is 267 g/mol. The second-order valence-electron chi connectivity index (χ2n) is 3.87. The summed E-state index contributed by atoms with van der Waals surface area (Å²) in [5, 5.41) is 9.78. The lowest BCUT2D eigenvalue weighted by Crippen LogP contribution is -2.02. The van der Waals surface area contributed by atoms with Crippen LogP contribution in [0.4, 0.5) is 4.39 Å². The van der Waals surface area contributed by atoms with Crippen molar-refractivity contribution >= 4 is 12.4 Å². The predicted molar refractivity (Wildman–Crippen MR) is 73.5 cm³/mol. The first-order chi connectivity index (χ1) is 8.22. The van der Waals surface area contributed by atoms with E-state index in [0.29, 0.717) is 24.1 Å². The molecule has 0 heterocycles. The van der Waals surface area contributed by atoms with Crippen molar-refractivity contribution in [1.29, 1.82) is 0 Å². The molecule has 2 rings (SSSR count). The van der Waals surface area contributed by atoms with E-state index in [2.05, 4.69) is 0 Å². The fraction of sp³-hybridized carbons (Fsp3) is 0.143. The Balaban J connectivity index is 0.00000162. The summed E-state index contributed by atoms with van der Waals surface area (Å²) in [4.78, 5) is 0. The second kappa shape index (κ2) is 6.38. The first-order valence-corrected chi connectivity index (χ1v) is 5.49. The van der Waals surface area contributed by atoms with Gasteiger partial charge in [-0.1, -0.05) is 24.3 Å². The summed E-state index contributed by atoms with van der Waals surface area (Å²) >= 11 is 0. The molecule has 0 saturated heterocycles. The molecule has 0 unspecified atom stereocenters. The van der Waals surface area contributed by atoms with Gasteiger partial charge in [-0.2, -0.15) is 0 Å². The van der Waals surface area contributed by atoms with Crippen molar-refractivity contribution in [2.24, 2.45) is 5.73 Å². The van der Waals surface area contributed by atoms with Crippen molar-refractivity contribution in [3.05, 3.63) is 53.8 Å². The third-order valence-electron chi connectivity index (χ3n) is 2.66. The quantitative estimate of drug-likeness (QED) is 0.898. The van der Waals surface area contributed by atoms with Crippen molar-refractivity contribution < 1.29 is 9.50 Å². The smallest absolute Gasteiger partial charge is 0.131 e. The Kier molecular flexibility index (Phi) is 5.13. The van der Waals surface area contributed by atoms with Gasteiger partial charge < -0.3 is 10.8 Å². The van der Waals surface area contributed by atoms with Gasteiger partial charge in [0.15, 0.2) is 0 Å². The summed E-state index contributed by atoms with van der Waals surface area (Å²) in [6.45, 7) is 0.529. The zero-order valence-electron chi connectivity index (χ0n) is 9.77. The lowest BCUT2D eigenvalue weighted by Gasteiger charge is -2.08. The van der Waals surface area contributed by atoms with Gasteiger partial charge >= 0.3 is 0 Å². The standard InChI is InChI=1S/C14H14FNO.ClH/c15-13-4-2-1-3-11(13)12-9-10(7-8-16)5-6-14(12)17;/h1-6,9,17H,7-8,16H2;1H. The topological polar surface area (TPSA) is 46.2 Å². The Morgan fingerprint density at radius 2 is 1.78 bits per heavy atom. The third-order valence-corrected chi connectivity index (χ3v) is 2.66. The number of benzene rings is 2. The van der Waals surface area contributed by atoms with E-state index >= 15 is 0 Å². The zero-order chi connectivity index (χ0) is 12.3. The fourth-order valence-electron chi connectivity index (χ4n) is 1.80. The van der Waals surface area contributed by atoms with Crippen LogP contribution in [0.1, 0.15) is 5.56 Å². The molecule has 0 aliphatic carbocycles. The number of hydrogen-bond acceptors (Lipinski definition) is 2. The van der Waals surface area contributed by atoms with Crippen molar-refractivity contribution in [3.8, 4) is 16.9 Å². The summed E-state index contributed by atoms with van der Waals surface area (Å²) in [5.74, 6) is -0.261. The van der Waals surface area contributed by atoms with Crippen LogP contribution in [0.3, 0.4) is 0 Å². The molecular weight excluding hydrogens is 253 g/mol. The van der Waals surface area contributed by atoms with Gasteiger partial charge in [-0.25, -0.2) is 4.39 Å². The summed E-state index contributed by atoms with van der Waals surface area (Å²) < 4.78 is 13.6. The summed E-state index contributed by atoms with van der Waals surface area (Å²) in [7, 11) is 0. The summed E-state index contributed by atoms with van der Waals surface area (Å²) in [6.07, 6.45) is 0.710. The van der Waals surface area contributed by atoms with Crippen LogP contribution >= 0.6 is 12.4 Å². The fourth-order valence-corrected chi connectivity index (χ4v) is 1.80. The number of hydrogen-bond donors (Lipinski definition) is 2. The molecule has 0 aromatic heterocycles. The number of nitrogens with two attached hydrogens (primary N) is 1. The van der Waals surface area contributed by atoms with Crippen molar-refractivity contribution in [1.82, 2.24) is 0 Å². The van der Waals surface area contributed by atoms with Gasteiger partial charge in [0, 0.05) is 11.1 Å². The molecule has 2 aromatic rings. The van der Waals surface area contributed by atoms with Crippen LogP contribution in [-0.4, -0.2) is 11.7 Å². The van der Waals surface area contributed by atoms with Crippen LogP contribution < -0.4 is 5.73 Å². The summed E-state index contributed by atoms with van der Waals surface area (Å²) in [6, 6.07) is 11.5. The maximum atomic E-state index is 13.6. The minimum absolute atomic E-state index is 0. The van der Waals surface area contributed by atoms with Crippen molar-refractivity contribution in [3.63, 3.8) is 0 Å². The maximum Gasteiger partial charge on any atom is 0.131 e. The molecular formula is C14H15ClFNO. The average molecular weight is 268 g/mol. The number of rotatable bonds is 3. The van der Waals surface area contributed by atoms with Crippen LogP contribution in [0.5, 0.6) is 5.75 Å². The van der Waals surface area contributed by atoms with E-state index < -0.39 is 0 Å². The van der Waals surface area contributed by atoms with Gasteiger partial charge in [-0.15, -0.1) is 12.4 Å². The highest BCUT2D eigenvalue weighted by Crippen LogP contribution is 2.31. The van der Waals surface area contributed by atoms with E-state index in [9.17, 15) is 9.50 Å². The van der Waals surface area contributed by atoms with Crippen LogP contribution in [-0.2, 0) is 6.42 Å². The molecule has 2 aromatic carbocycles. The predicted octanol–water partition coefficient (Wildman–Crippen LogP) is 3.12. The van der Waals surface area contributed by atoms with Crippen LogP contribution in [0.2, 0.25) is 0 Å². The normalized spacial score (nSPS) is 9.89. The molecule has 0 fully saturated rings. The number of phenolic OH excluding ortho intramolecular Hbond substituents is 1. The molecule has 0 bridgehead atoms. The highest BCUT2D eigenvalue weighted by Gasteiger charge is 2.09. The Morgan fingerprint density at radius 1 is 1.06 bits per heavy atom. The van der Waals surface area contributed by atoms with Gasteiger partial charge in [0.25, 0.3) is 0 Å². The average Bonchev–Trinajstić information content (AvgIpc) is 2.33. The first kappa shape index (κ1) is 14.5. The largest absolute Gasteiger partial charge is 0.507 e. The van der Waals surface area contributed by atoms with Gasteiger partial charge in [-0.05, 0) is 36.7 Å². The molecule has 0 radical (unpaired) electrons. The Hall–Kier alpha value is -1.58. The lowest BCUT2D eigenvalue weighted by molar-refractivity contribution is 0.476. The lowest BCUT2D eigenvalue weighted by atomic mass is 10.0. The zero-order valence-corrected chi connectivity index (χ0v) is 10.6. The number of aromatic hydroxyl groups is 1. The van der Waals surface area contributed by atoms with Crippen molar-refractivity contribution in [2.75, 3.05) is 6.54 Å². The SMILES string of the molecule is Cl.NCCc1ccc(O)c(-c2ccccc2F)c1. The van der Waals surface area contributed by atoms with Crippen LogP contribution in [0.25, 0.3) is 11.1 Å². The molecule has 3 N–H and O–H groups in total.